The molecule has 20 heavy (non-hydrogen) atoms. The number of nitrogens with zero attached hydrogens (tertiary/aromatic N) is 1. The molecule has 0 unspecified atom stereocenters. The van der Waals surface area contributed by atoms with Gasteiger partial charge in [-0.15, -0.1) is 0 Å². The topological polar surface area (TPSA) is 96.6 Å². The van der Waals surface area contributed by atoms with Crippen molar-refractivity contribution in [3.05, 3.63) is 27.5 Å². The van der Waals surface area contributed by atoms with E-state index in [0.29, 0.717) is 24.4 Å². The summed E-state index contributed by atoms with van der Waals surface area (Å²) in [6, 6.07) is 1.27. The predicted molar refractivity (Wildman–Crippen MR) is 76.4 cm³/mol. The minimum absolute atomic E-state index is 0.0663. The minimum atomic E-state index is -4.26. The summed E-state index contributed by atoms with van der Waals surface area (Å²) in [5, 5.41) is 10.1. The van der Waals surface area contributed by atoms with Crippen molar-refractivity contribution < 1.29 is 18.1 Å². The van der Waals surface area contributed by atoms with E-state index in [2.05, 4.69) is 13.8 Å². The molecule has 0 aliphatic carbocycles. The summed E-state index contributed by atoms with van der Waals surface area (Å²) in [5.41, 5.74) is 0.0460. The normalized spacial score (nSPS) is 12.1. The molecule has 0 amide bonds. The van der Waals surface area contributed by atoms with Crippen LogP contribution in [0, 0.1) is 12.8 Å². The molecule has 0 bridgehead atoms. The molecule has 0 radical (unpaired) electrons. The van der Waals surface area contributed by atoms with E-state index >= 15 is 0 Å². The molecule has 0 aromatic carbocycles. The Hall–Kier alpha value is -1.34. The molecule has 2 N–H and O–H groups in total. The van der Waals surface area contributed by atoms with Gasteiger partial charge < -0.3 is 5.11 Å². The van der Waals surface area contributed by atoms with E-state index in [1.165, 1.54) is 13.0 Å². The summed E-state index contributed by atoms with van der Waals surface area (Å²) in [7, 11) is -4.26. The molecule has 1 rings (SSSR count). The first-order chi connectivity index (χ1) is 9.11. The van der Waals surface area contributed by atoms with Gasteiger partial charge in [-0.25, -0.2) is 0 Å². The van der Waals surface area contributed by atoms with Gasteiger partial charge in [0.25, 0.3) is 15.7 Å². The standard InChI is InChI=1S/C13H21NO5S/c1-9(2)5-4-6-14-12(15)7-10(3)11(13(14)16)8-20(17,18)19/h7,9,16H,4-6,8H2,1-3H3,(H,17,18,19). The number of aromatic hydroxyl groups is 1. The van der Waals surface area contributed by atoms with Crippen molar-refractivity contribution in [1.82, 2.24) is 4.57 Å². The maximum absolute atomic E-state index is 11.8. The molecule has 1 aromatic heterocycles. The first-order valence-corrected chi connectivity index (χ1v) is 8.10. The van der Waals surface area contributed by atoms with Crippen LogP contribution >= 0.6 is 0 Å². The second-order valence-electron chi connectivity index (χ2n) is 5.38. The van der Waals surface area contributed by atoms with Gasteiger partial charge in [-0.3, -0.25) is 13.9 Å². The fourth-order valence-corrected chi connectivity index (χ4v) is 2.75. The number of aromatic nitrogens is 1. The minimum Gasteiger partial charge on any atom is -0.494 e. The Bertz CT molecular complexity index is 631. The second kappa shape index (κ2) is 6.41. The Morgan fingerprint density at radius 3 is 2.45 bits per heavy atom. The van der Waals surface area contributed by atoms with Crippen LogP contribution in [0.3, 0.4) is 0 Å². The lowest BCUT2D eigenvalue weighted by atomic mass is 10.1. The third-order valence-electron chi connectivity index (χ3n) is 3.10. The number of hydrogen-bond acceptors (Lipinski definition) is 4. The lowest BCUT2D eigenvalue weighted by Crippen LogP contribution is -2.22. The van der Waals surface area contributed by atoms with E-state index in [9.17, 15) is 18.3 Å². The zero-order valence-corrected chi connectivity index (χ0v) is 12.8. The van der Waals surface area contributed by atoms with Crippen molar-refractivity contribution in [2.45, 2.75) is 45.9 Å². The molecular weight excluding hydrogens is 282 g/mol. The monoisotopic (exact) mass is 303 g/mol. The van der Waals surface area contributed by atoms with Crippen LogP contribution in [-0.2, 0) is 22.4 Å². The highest BCUT2D eigenvalue weighted by Crippen LogP contribution is 2.21. The van der Waals surface area contributed by atoms with Crippen LogP contribution in [0.4, 0.5) is 0 Å². The van der Waals surface area contributed by atoms with Crippen LogP contribution in [0.15, 0.2) is 10.9 Å². The highest BCUT2D eigenvalue weighted by molar-refractivity contribution is 7.85. The highest BCUT2D eigenvalue weighted by Gasteiger charge is 2.17. The zero-order chi connectivity index (χ0) is 15.5. The molecule has 0 fully saturated rings. The SMILES string of the molecule is Cc1cc(=O)n(CCCC(C)C)c(O)c1CS(=O)(=O)O. The molecule has 0 aliphatic heterocycles. The molecule has 114 valence electrons. The van der Waals surface area contributed by atoms with E-state index in [-0.39, 0.29) is 17.0 Å². The van der Waals surface area contributed by atoms with Crippen LogP contribution in [0.25, 0.3) is 0 Å². The van der Waals surface area contributed by atoms with Gasteiger partial charge in [0.2, 0.25) is 0 Å². The van der Waals surface area contributed by atoms with Crippen LogP contribution in [-0.4, -0.2) is 22.6 Å². The Labute approximate surface area is 118 Å². The summed E-state index contributed by atoms with van der Waals surface area (Å²) < 4.78 is 32.0. The molecule has 0 saturated heterocycles. The fourth-order valence-electron chi connectivity index (χ4n) is 2.03. The van der Waals surface area contributed by atoms with Gasteiger partial charge >= 0.3 is 0 Å². The Morgan fingerprint density at radius 2 is 1.95 bits per heavy atom. The lowest BCUT2D eigenvalue weighted by molar-refractivity contribution is 0.387. The number of hydrogen-bond donors (Lipinski definition) is 2. The number of pyridine rings is 1. The summed E-state index contributed by atoms with van der Waals surface area (Å²) in [5.74, 6) is -0.596. The zero-order valence-electron chi connectivity index (χ0n) is 12.0. The quantitative estimate of drug-likeness (QED) is 0.779. The Morgan fingerprint density at radius 1 is 1.35 bits per heavy atom. The molecule has 1 aromatic rings. The van der Waals surface area contributed by atoms with E-state index in [0.717, 1.165) is 11.0 Å². The third kappa shape index (κ3) is 4.64. The van der Waals surface area contributed by atoms with Crippen molar-refractivity contribution in [3.63, 3.8) is 0 Å². The molecule has 1 heterocycles. The van der Waals surface area contributed by atoms with Crippen molar-refractivity contribution in [2.24, 2.45) is 5.92 Å². The first-order valence-electron chi connectivity index (χ1n) is 6.49. The molecule has 7 heteroatoms. The summed E-state index contributed by atoms with van der Waals surface area (Å²) in [6.07, 6.45) is 1.60. The van der Waals surface area contributed by atoms with Gasteiger partial charge in [0.15, 0.2) is 5.88 Å². The molecule has 6 nitrogen and oxygen atoms in total. The number of aryl methyl sites for hydroxylation is 1. The van der Waals surface area contributed by atoms with Crippen molar-refractivity contribution in [3.8, 4) is 5.88 Å². The predicted octanol–water partition coefficient (Wildman–Crippen LogP) is 1.69. The van der Waals surface area contributed by atoms with Crippen molar-refractivity contribution >= 4 is 10.1 Å². The summed E-state index contributed by atoms with van der Waals surface area (Å²) in [6.45, 7) is 5.96. The van der Waals surface area contributed by atoms with Gasteiger partial charge in [0.1, 0.15) is 5.75 Å². The molecule has 0 saturated carbocycles. The second-order valence-corrected chi connectivity index (χ2v) is 6.83. The van der Waals surface area contributed by atoms with Crippen LogP contribution in [0.5, 0.6) is 5.88 Å². The van der Waals surface area contributed by atoms with E-state index < -0.39 is 15.9 Å². The highest BCUT2D eigenvalue weighted by atomic mass is 32.2. The average molecular weight is 303 g/mol. The smallest absolute Gasteiger partial charge is 0.269 e. The van der Waals surface area contributed by atoms with Gasteiger partial charge in [0, 0.05) is 18.2 Å². The van der Waals surface area contributed by atoms with Crippen molar-refractivity contribution in [2.75, 3.05) is 0 Å². The Kier molecular flexibility index (Phi) is 5.35. The summed E-state index contributed by atoms with van der Waals surface area (Å²) >= 11 is 0. The van der Waals surface area contributed by atoms with Crippen molar-refractivity contribution in [1.29, 1.82) is 0 Å². The molecular formula is C13H21NO5S. The first kappa shape index (κ1) is 16.7. The average Bonchev–Trinajstić information content (AvgIpc) is 2.27. The van der Waals surface area contributed by atoms with Gasteiger partial charge in [-0.05, 0) is 31.2 Å². The van der Waals surface area contributed by atoms with Gasteiger partial charge in [-0.1, -0.05) is 13.8 Å². The van der Waals surface area contributed by atoms with E-state index in [1.54, 1.807) is 0 Å². The lowest BCUT2D eigenvalue weighted by Gasteiger charge is -2.14. The molecule has 0 atom stereocenters. The van der Waals surface area contributed by atoms with Crippen LogP contribution in [0.2, 0.25) is 0 Å². The fraction of sp³-hybridized carbons (Fsp3) is 0.615. The van der Waals surface area contributed by atoms with E-state index in [4.69, 9.17) is 4.55 Å². The van der Waals surface area contributed by atoms with Crippen LogP contribution in [0.1, 0.15) is 37.8 Å². The van der Waals surface area contributed by atoms with E-state index in [1.807, 2.05) is 0 Å². The largest absolute Gasteiger partial charge is 0.494 e. The Balaban J connectivity index is 3.12. The number of rotatable bonds is 6. The van der Waals surface area contributed by atoms with Gasteiger partial charge in [0.05, 0.1) is 0 Å². The molecule has 0 spiro atoms. The maximum Gasteiger partial charge on any atom is 0.269 e. The van der Waals surface area contributed by atoms with Gasteiger partial charge in [-0.2, -0.15) is 8.42 Å². The maximum atomic E-state index is 11.8. The molecule has 0 aliphatic rings. The summed E-state index contributed by atoms with van der Waals surface area (Å²) in [4.78, 5) is 11.8. The van der Waals surface area contributed by atoms with Crippen LogP contribution < -0.4 is 5.56 Å². The third-order valence-corrected chi connectivity index (χ3v) is 3.75.